The van der Waals surface area contributed by atoms with Gasteiger partial charge in [-0.05, 0) is 19.9 Å². The Morgan fingerprint density at radius 3 is 2.77 bits per heavy atom. The fraction of sp³-hybridized carbons (Fsp3) is 0.312. The summed E-state index contributed by atoms with van der Waals surface area (Å²) in [6, 6.07) is 7.91. The monoisotopic (exact) mass is 299 g/mol. The molecule has 1 unspecified atom stereocenters. The maximum Gasteiger partial charge on any atom is 0.356 e. The van der Waals surface area contributed by atoms with E-state index in [2.05, 4.69) is 15.3 Å². The first-order chi connectivity index (χ1) is 10.4. The van der Waals surface area contributed by atoms with Crippen LogP contribution in [-0.2, 0) is 0 Å². The minimum atomic E-state index is -1.09. The van der Waals surface area contributed by atoms with Gasteiger partial charge in [0.25, 0.3) is 0 Å². The minimum absolute atomic E-state index is 0.0323. The van der Waals surface area contributed by atoms with Crippen molar-refractivity contribution < 1.29 is 14.6 Å². The fourth-order valence-corrected chi connectivity index (χ4v) is 2.62. The maximum atomic E-state index is 10.8. The van der Waals surface area contributed by atoms with Gasteiger partial charge in [-0.25, -0.2) is 14.8 Å². The Balaban J connectivity index is 1.86. The number of ether oxygens (including phenoxy) is 1. The average molecular weight is 299 g/mol. The second-order valence-electron chi connectivity index (χ2n) is 5.89. The van der Waals surface area contributed by atoms with Gasteiger partial charge >= 0.3 is 5.97 Å². The van der Waals surface area contributed by atoms with Gasteiger partial charge in [0.15, 0.2) is 5.69 Å². The number of hydrogen-bond donors (Lipinski definition) is 2. The van der Waals surface area contributed by atoms with E-state index < -0.39 is 5.97 Å². The number of fused-ring (bicyclic) bond motifs is 1. The molecule has 0 bridgehead atoms. The van der Waals surface area contributed by atoms with Crippen molar-refractivity contribution in [1.29, 1.82) is 0 Å². The van der Waals surface area contributed by atoms with Crippen LogP contribution in [0.25, 0.3) is 0 Å². The average Bonchev–Trinajstić information content (AvgIpc) is 2.46. The van der Waals surface area contributed by atoms with Crippen LogP contribution in [-0.4, -0.2) is 26.6 Å². The summed E-state index contributed by atoms with van der Waals surface area (Å²) in [5, 5.41) is 12.2. The molecule has 2 N–H and O–H groups in total. The Kier molecular flexibility index (Phi) is 3.44. The van der Waals surface area contributed by atoms with Crippen molar-refractivity contribution in [3.8, 4) is 5.75 Å². The number of rotatable bonds is 3. The highest BCUT2D eigenvalue weighted by atomic mass is 16.5. The number of para-hydroxylation sites is 1. The maximum absolute atomic E-state index is 10.8. The van der Waals surface area contributed by atoms with E-state index in [1.54, 1.807) is 0 Å². The molecule has 6 nitrogen and oxygen atoms in total. The smallest absolute Gasteiger partial charge is 0.356 e. The van der Waals surface area contributed by atoms with E-state index in [4.69, 9.17) is 9.84 Å². The number of carboxylic acids is 1. The van der Waals surface area contributed by atoms with Crippen molar-refractivity contribution in [3.63, 3.8) is 0 Å². The minimum Gasteiger partial charge on any atom is -0.487 e. The van der Waals surface area contributed by atoms with Gasteiger partial charge in [0.1, 0.15) is 17.2 Å². The second kappa shape index (κ2) is 5.29. The number of nitrogens with zero attached hydrogens (tertiary/aromatic N) is 2. The quantitative estimate of drug-likeness (QED) is 0.906. The number of aromatic nitrogens is 2. The van der Waals surface area contributed by atoms with E-state index in [1.807, 2.05) is 38.1 Å². The summed E-state index contributed by atoms with van der Waals surface area (Å²) in [4.78, 5) is 18.8. The molecule has 1 aliphatic heterocycles. The second-order valence-corrected chi connectivity index (χ2v) is 5.89. The van der Waals surface area contributed by atoms with E-state index in [-0.39, 0.29) is 17.3 Å². The summed E-state index contributed by atoms with van der Waals surface area (Å²) in [6.45, 7) is 4.08. The summed E-state index contributed by atoms with van der Waals surface area (Å²) < 4.78 is 5.98. The van der Waals surface area contributed by atoms with Crippen LogP contribution in [0.2, 0.25) is 0 Å². The summed E-state index contributed by atoms with van der Waals surface area (Å²) in [7, 11) is 0. The van der Waals surface area contributed by atoms with Crippen LogP contribution in [0.1, 0.15) is 42.4 Å². The molecular formula is C16H17N3O3. The van der Waals surface area contributed by atoms with Gasteiger partial charge in [-0.1, -0.05) is 18.2 Å². The third-order valence-corrected chi connectivity index (χ3v) is 3.57. The van der Waals surface area contributed by atoms with Crippen molar-refractivity contribution in [2.45, 2.75) is 31.9 Å². The molecule has 0 aliphatic carbocycles. The van der Waals surface area contributed by atoms with Crippen LogP contribution >= 0.6 is 0 Å². The van der Waals surface area contributed by atoms with Crippen molar-refractivity contribution in [3.05, 3.63) is 47.9 Å². The van der Waals surface area contributed by atoms with Gasteiger partial charge in [0.2, 0.25) is 0 Å². The zero-order chi connectivity index (χ0) is 15.7. The summed E-state index contributed by atoms with van der Waals surface area (Å²) in [6.07, 6.45) is 3.46. The topological polar surface area (TPSA) is 84.3 Å². The molecule has 6 heteroatoms. The molecule has 22 heavy (non-hydrogen) atoms. The molecule has 1 aliphatic rings. The number of benzene rings is 1. The Labute approximate surface area is 128 Å². The molecule has 0 amide bonds. The summed E-state index contributed by atoms with van der Waals surface area (Å²) in [5.74, 6) is 0.311. The van der Waals surface area contributed by atoms with Crippen LogP contribution in [0.15, 0.2) is 36.7 Å². The molecular weight excluding hydrogens is 282 g/mol. The Hall–Kier alpha value is -2.63. The molecule has 0 fully saturated rings. The number of hydrogen-bond acceptors (Lipinski definition) is 5. The van der Waals surface area contributed by atoms with E-state index in [0.29, 0.717) is 5.82 Å². The highest BCUT2D eigenvalue weighted by Crippen LogP contribution is 2.40. The van der Waals surface area contributed by atoms with Crippen LogP contribution in [0.4, 0.5) is 5.82 Å². The van der Waals surface area contributed by atoms with Gasteiger partial charge in [-0.2, -0.15) is 0 Å². The van der Waals surface area contributed by atoms with Crippen molar-refractivity contribution in [2.75, 3.05) is 5.32 Å². The first-order valence-corrected chi connectivity index (χ1v) is 7.04. The van der Waals surface area contributed by atoms with Gasteiger partial charge in [0, 0.05) is 12.0 Å². The lowest BCUT2D eigenvalue weighted by molar-refractivity contribution is 0.0690. The molecule has 0 saturated carbocycles. The van der Waals surface area contributed by atoms with Crippen LogP contribution in [0.3, 0.4) is 0 Å². The molecule has 0 spiro atoms. The third kappa shape index (κ3) is 2.86. The Bertz CT molecular complexity index is 698. The van der Waals surface area contributed by atoms with E-state index in [0.717, 1.165) is 17.7 Å². The van der Waals surface area contributed by atoms with E-state index >= 15 is 0 Å². The molecule has 2 heterocycles. The lowest BCUT2D eigenvalue weighted by Gasteiger charge is -2.38. The standard InChI is InChI=1S/C16H17N3O3/c1-16(2)7-11(10-5-3-4-6-13(10)22-16)19-14-9-17-12(8-18-14)15(20)21/h3-6,8-9,11H,7H2,1-2H3,(H,18,19)(H,20,21). The first kappa shape index (κ1) is 14.3. The zero-order valence-corrected chi connectivity index (χ0v) is 12.4. The third-order valence-electron chi connectivity index (χ3n) is 3.57. The lowest BCUT2D eigenvalue weighted by atomic mass is 9.90. The zero-order valence-electron chi connectivity index (χ0n) is 12.4. The predicted octanol–water partition coefficient (Wildman–Crippen LogP) is 2.89. The lowest BCUT2D eigenvalue weighted by Crippen LogP contribution is -2.37. The molecule has 1 aromatic carbocycles. The molecule has 1 atom stereocenters. The van der Waals surface area contributed by atoms with Gasteiger partial charge in [-0.15, -0.1) is 0 Å². The number of aromatic carboxylic acids is 1. The molecule has 0 radical (unpaired) electrons. The van der Waals surface area contributed by atoms with Crippen LogP contribution < -0.4 is 10.1 Å². The first-order valence-electron chi connectivity index (χ1n) is 7.04. The number of carboxylic acid groups (broad SMARTS) is 1. The number of nitrogens with one attached hydrogen (secondary N) is 1. The van der Waals surface area contributed by atoms with E-state index in [9.17, 15) is 4.79 Å². The largest absolute Gasteiger partial charge is 0.487 e. The van der Waals surface area contributed by atoms with E-state index in [1.165, 1.54) is 12.4 Å². The summed E-state index contributed by atoms with van der Waals surface area (Å²) in [5.41, 5.74) is 0.699. The van der Waals surface area contributed by atoms with Crippen molar-refractivity contribution >= 4 is 11.8 Å². The number of anilines is 1. The van der Waals surface area contributed by atoms with Crippen LogP contribution in [0, 0.1) is 0 Å². The highest BCUT2D eigenvalue weighted by molar-refractivity contribution is 5.84. The molecule has 1 aromatic heterocycles. The Morgan fingerprint density at radius 1 is 1.32 bits per heavy atom. The van der Waals surface area contributed by atoms with Crippen molar-refractivity contribution in [2.24, 2.45) is 0 Å². The molecule has 0 saturated heterocycles. The molecule has 114 valence electrons. The highest BCUT2D eigenvalue weighted by Gasteiger charge is 2.33. The predicted molar refractivity (Wildman–Crippen MR) is 81.1 cm³/mol. The normalized spacial score (nSPS) is 18.9. The fourth-order valence-electron chi connectivity index (χ4n) is 2.62. The summed E-state index contributed by atoms with van der Waals surface area (Å²) >= 11 is 0. The van der Waals surface area contributed by atoms with Gasteiger partial charge < -0.3 is 15.2 Å². The van der Waals surface area contributed by atoms with Gasteiger partial charge in [0.05, 0.1) is 18.4 Å². The molecule has 3 rings (SSSR count). The SMILES string of the molecule is CC1(C)CC(Nc2cnc(C(=O)O)cn2)c2ccccc2O1. The van der Waals surface area contributed by atoms with Crippen LogP contribution in [0.5, 0.6) is 5.75 Å². The number of carbonyl (C=O) groups is 1. The van der Waals surface area contributed by atoms with Crippen molar-refractivity contribution in [1.82, 2.24) is 9.97 Å². The molecule has 2 aromatic rings. The van der Waals surface area contributed by atoms with Gasteiger partial charge in [-0.3, -0.25) is 0 Å². The Morgan fingerprint density at radius 2 is 2.09 bits per heavy atom.